The van der Waals surface area contributed by atoms with E-state index < -0.39 is 0 Å². The smallest absolute Gasteiger partial charge is 0.293 e. The van der Waals surface area contributed by atoms with Gasteiger partial charge in [0, 0.05) is 0 Å². The molecule has 0 saturated heterocycles. The molecule has 0 aliphatic heterocycles. The average molecular weight is 114 g/mol. The molecule has 0 heterocycles. The number of carbonyl (C=O) groups is 1. The van der Waals surface area contributed by atoms with Crippen LogP contribution in [0.25, 0.3) is 0 Å². The normalized spacial score (nSPS) is 12.1. The van der Waals surface area contributed by atoms with Gasteiger partial charge in [0.15, 0.2) is 0 Å². The second kappa shape index (κ2) is 4.37. The molecule has 0 aliphatic carbocycles. The lowest BCUT2D eigenvalue weighted by atomic mass is 10.3. The lowest BCUT2D eigenvalue weighted by Gasteiger charge is -2.04. The van der Waals surface area contributed by atoms with Crippen molar-refractivity contribution in [1.82, 2.24) is 0 Å². The highest BCUT2D eigenvalue weighted by Gasteiger charge is 1.95. The zero-order valence-corrected chi connectivity index (χ0v) is 4.96. The molecule has 8 heavy (non-hydrogen) atoms. The first kappa shape index (κ1) is 7.21. The second-order valence-electron chi connectivity index (χ2n) is 1.41. The van der Waals surface area contributed by atoms with Crippen LogP contribution in [0.3, 0.4) is 0 Å². The van der Waals surface area contributed by atoms with Crippen LogP contribution in [-0.4, -0.2) is 12.6 Å². The molecule has 0 aromatic carbocycles. The number of hydrogen-bond donors (Lipinski definition) is 0. The Kier molecular flexibility index (Phi) is 3.94. The highest BCUT2D eigenvalue weighted by Crippen LogP contribution is 1.94. The van der Waals surface area contributed by atoms with Crippen LogP contribution in [0.15, 0.2) is 12.7 Å². The standard InChI is InChI=1S/C6H10O2/c1-3-6(4-2)8-5-7/h3,5-6H,1,4H2,2H3/t6-/m1/s1. The van der Waals surface area contributed by atoms with E-state index in [2.05, 4.69) is 11.3 Å². The van der Waals surface area contributed by atoms with Gasteiger partial charge in [-0.05, 0) is 6.42 Å². The Morgan fingerprint density at radius 3 is 2.62 bits per heavy atom. The van der Waals surface area contributed by atoms with Gasteiger partial charge in [-0.3, -0.25) is 4.79 Å². The SMILES string of the molecule is C=C[C@H](CC)OC=O. The second-order valence-corrected chi connectivity index (χ2v) is 1.41. The minimum Gasteiger partial charge on any atom is -0.460 e. The van der Waals surface area contributed by atoms with E-state index in [1.807, 2.05) is 6.92 Å². The molecular weight excluding hydrogens is 104 g/mol. The summed E-state index contributed by atoms with van der Waals surface area (Å²) in [7, 11) is 0. The van der Waals surface area contributed by atoms with Crippen molar-refractivity contribution in [2.75, 3.05) is 0 Å². The van der Waals surface area contributed by atoms with Crippen molar-refractivity contribution >= 4 is 6.47 Å². The zero-order chi connectivity index (χ0) is 6.41. The molecular formula is C6H10O2. The lowest BCUT2D eigenvalue weighted by molar-refractivity contribution is -0.131. The van der Waals surface area contributed by atoms with E-state index in [4.69, 9.17) is 0 Å². The van der Waals surface area contributed by atoms with E-state index in [1.54, 1.807) is 6.08 Å². The van der Waals surface area contributed by atoms with Crippen LogP contribution in [0.1, 0.15) is 13.3 Å². The van der Waals surface area contributed by atoms with Crippen molar-refractivity contribution in [1.29, 1.82) is 0 Å². The van der Waals surface area contributed by atoms with Crippen LogP contribution in [0, 0.1) is 0 Å². The molecule has 0 rings (SSSR count). The van der Waals surface area contributed by atoms with Crippen molar-refractivity contribution in [3.63, 3.8) is 0 Å². The van der Waals surface area contributed by atoms with Gasteiger partial charge in [0.05, 0.1) is 0 Å². The van der Waals surface area contributed by atoms with Crippen molar-refractivity contribution in [2.24, 2.45) is 0 Å². The molecule has 0 N–H and O–H groups in total. The summed E-state index contributed by atoms with van der Waals surface area (Å²) in [4.78, 5) is 9.66. The lowest BCUT2D eigenvalue weighted by Crippen LogP contribution is -2.05. The summed E-state index contributed by atoms with van der Waals surface area (Å²) >= 11 is 0. The topological polar surface area (TPSA) is 26.3 Å². The third kappa shape index (κ3) is 2.39. The van der Waals surface area contributed by atoms with Crippen molar-refractivity contribution in [2.45, 2.75) is 19.4 Å². The van der Waals surface area contributed by atoms with Gasteiger partial charge in [0.2, 0.25) is 0 Å². The maximum atomic E-state index is 9.66. The van der Waals surface area contributed by atoms with Crippen molar-refractivity contribution in [3.8, 4) is 0 Å². The number of carbonyl (C=O) groups excluding carboxylic acids is 1. The minimum absolute atomic E-state index is 0.104. The van der Waals surface area contributed by atoms with E-state index in [-0.39, 0.29) is 6.10 Å². The predicted molar refractivity (Wildman–Crippen MR) is 31.4 cm³/mol. The molecule has 0 amide bonds. The molecule has 0 spiro atoms. The van der Waals surface area contributed by atoms with E-state index in [9.17, 15) is 4.79 Å². The highest BCUT2D eigenvalue weighted by molar-refractivity contribution is 5.37. The summed E-state index contributed by atoms with van der Waals surface area (Å²) in [6, 6.07) is 0. The molecule has 0 bridgehead atoms. The van der Waals surface area contributed by atoms with E-state index in [0.717, 1.165) is 6.42 Å². The van der Waals surface area contributed by atoms with Crippen LogP contribution in [-0.2, 0) is 9.53 Å². The Hall–Kier alpha value is -0.790. The average Bonchev–Trinajstić information content (AvgIpc) is 1.83. The number of hydrogen-bond acceptors (Lipinski definition) is 2. The zero-order valence-electron chi connectivity index (χ0n) is 4.96. The maximum Gasteiger partial charge on any atom is 0.293 e. The van der Waals surface area contributed by atoms with Gasteiger partial charge in [-0.2, -0.15) is 0 Å². The Morgan fingerprint density at radius 2 is 2.50 bits per heavy atom. The fraction of sp³-hybridized carbons (Fsp3) is 0.500. The summed E-state index contributed by atoms with van der Waals surface area (Å²) < 4.78 is 4.54. The van der Waals surface area contributed by atoms with Crippen LogP contribution in [0.2, 0.25) is 0 Å². The summed E-state index contributed by atoms with van der Waals surface area (Å²) in [6.45, 7) is 5.83. The Labute approximate surface area is 49.1 Å². The van der Waals surface area contributed by atoms with Crippen molar-refractivity contribution < 1.29 is 9.53 Å². The van der Waals surface area contributed by atoms with Gasteiger partial charge in [-0.15, -0.1) is 0 Å². The molecule has 0 fully saturated rings. The molecule has 0 unspecified atom stereocenters. The first-order valence-electron chi connectivity index (χ1n) is 2.56. The van der Waals surface area contributed by atoms with Crippen LogP contribution in [0.5, 0.6) is 0 Å². The molecule has 0 saturated carbocycles. The monoisotopic (exact) mass is 114 g/mol. The van der Waals surface area contributed by atoms with E-state index >= 15 is 0 Å². The third-order valence-electron chi connectivity index (χ3n) is 0.896. The van der Waals surface area contributed by atoms with E-state index in [1.165, 1.54) is 0 Å². The van der Waals surface area contributed by atoms with Gasteiger partial charge in [-0.1, -0.05) is 19.6 Å². The Bertz CT molecular complexity index is 78.6. The summed E-state index contributed by atoms with van der Waals surface area (Å²) in [5, 5.41) is 0. The quantitative estimate of drug-likeness (QED) is 0.404. The van der Waals surface area contributed by atoms with Crippen molar-refractivity contribution in [3.05, 3.63) is 12.7 Å². The van der Waals surface area contributed by atoms with Gasteiger partial charge in [0.25, 0.3) is 6.47 Å². The molecule has 2 heteroatoms. The number of rotatable bonds is 4. The first-order chi connectivity index (χ1) is 3.85. The largest absolute Gasteiger partial charge is 0.460 e. The van der Waals surface area contributed by atoms with Gasteiger partial charge in [0.1, 0.15) is 6.10 Å². The third-order valence-corrected chi connectivity index (χ3v) is 0.896. The van der Waals surface area contributed by atoms with Crippen LogP contribution in [0.4, 0.5) is 0 Å². The fourth-order valence-corrected chi connectivity index (χ4v) is 0.390. The molecule has 0 radical (unpaired) electrons. The Morgan fingerprint density at radius 1 is 1.88 bits per heavy atom. The summed E-state index contributed by atoms with van der Waals surface area (Å²) in [5.74, 6) is 0. The van der Waals surface area contributed by atoms with Crippen LogP contribution >= 0.6 is 0 Å². The van der Waals surface area contributed by atoms with Crippen LogP contribution < -0.4 is 0 Å². The van der Waals surface area contributed by atoms with Gasteiger partial charge < -0.3 is 4.74 Å². The molecule has 2 nitrogen and oxygen atoms in total. The molecule has 0 aromatic heterocycles. The summed E-state index contributed by atoms with van der Waals surface area (Å²) in [6.07, 6.45) is 2.30. The molecule has 0 aromatic rings. The Balaban J connectivity index is 3.35. The summed E-state index contributed by atoms with van der Waals surface area (Å²) in [5.41, 5.74) is 0. The molecule has 46 valence electrons. The first-order valence-corrected chi connectivity index (χ1v) is 2.56. The minimum atomic E-state index is -0.104. The van der Waals surface area contributed by atoms with E-state index in [0.29, 0.717) is 6.47 Å². The molecule has 1 atom stereocenters. The predicted octanol–water partition coefficient (Wildman–Crippen LogP) is 1.12. The number of ether oxygens (including phenoxy) is 1. The molecule has 0 aliphatic rings. The van der Waals surface area contributed by atoms with Gasteiger partial charge >= 0.3 is 0 Å². The highest BCUT2D eigenvalue weighted by atomic mass is 16.5. The fourth-order valence-electron chi connectivity index (χ4n) is 0.390. The van der Waals surface area contributed by atoms with Gasteiger partial charge in [-0.25, -0.2) is 0 Å². The maximum absolute atomic E-state index is 9.66.